The largest absolute Gasteiger partial charge is 0.507 e. The van der Waals surface area contributed by atoms with E-state index < -0.39 is 5.97 Å². The Kier molecular flexibility index (Phi) is 5.80. The zero-order valence-electron chi connectivity index (χ0n) is 11.3. The molecule has 1 fully saturated rings. The Morgan fingerprint density at radius 2 is 2.00 bits per heavy atom. The van der Waals surface area contributed by atoms with Crippen molar-refractivity contribution in [3.63, 3.8) is 0 Å². The monoisotopic (exact) mass is 301 g/mol. The molecular formula is C14H20ClNO4. The molecule has 0 saturated carbocycles. The highest BCUT2D eigenvalue weighted by atomic mass is 35.5. The predicted molar refractivity (Wildman–Crippen MR) is 77.5 cm³/mol. The molecule has 5 nitrogen and oxygen atoms in total. The van der Waals surface area contributed by atoms with Gasteiger partial charge in [0.15, 0.2) is 0 Å². The molecule has 0 bridgehead atoms. The van der Waals surface area contributed by atoms with Crippen molar-refractivity contribution in [1.82, 2.24) is 0 Å². The third kappa shape index (κ3) is 3.42. The Bertz CT molecular complexity index is 486. The molecule has 20 heavy (non-hydrogen) atoms. The fraction of sp³-hybridized carbons (Fsp3) is 0.500. The number of benzene rings is 1. The Morgan fingerprint density at radius 1 is 1.40 bits per heavy atom. The van der Waals surface area contributed by atoms with Gasteiger partial charge in [0.2, 0.25) is 0 Å². The van der Waals surface area contributed by atoms with E-state index in [2.05, 4.69) is 0 Å². The van der Waals surface area contributed by atoms with Crippen LogP contribution in [-0.2, 0) is 4.74 Å². The summed E-state index contributed by atoms with van der Waals surface area (Å²) in [5, 5.41) is 19.2. The molecule has 112 valence electrons. The van der Waals surface area contributed by atoms with E-state index in [4.69, 9.17) is 15.6 Å². The maximum Gasteiger partial charge on any atom is 0.339 e. The number of aromatic hydroxyl groups is 1. The van der Waals surface area contributed by atoms with Gasteiger partial charge in [-0.3, -0.25) is 0 Å². The van der Waals surface area contributed by atoms with Gasteiger partial charge in [0.25, 0.3) is 0 Å². The number of halogens is 1. The number of carboxylic acids is 1. The summed E-state index contributed by atoms with van der Waals surface area (Å²) >= 11 is 0. The number of phenols is 1. The molecule has 1 saturated heterocycles. The van der Waals surface area contributed by atoms with Crippen molar-refractivity contribution in [3.05, 3.63) is 28.8 Å². The first kappa shape index (κ1) is 16.8. The van der Waals surface area contributed by atoms with Crippen LogP contribution in [-0.4, -0.2) is 29.4 Å². The van der Waals surface area contributed by atoms with Gasteiger partial charge >= 0.3 is 5.97 Å². The number of ether oxygens (including phenoxy) is 1. The zero-order chi connectivity index (χ0) is 14.0. The Balaban J connectivity index is 0.00000200. The van der Waals surface area contributed by atoms with E-state index in [0.717, 1.165) is 18.4 Å². The number of aromatic carboxylic acids is 1. The molecular weight excluding hydrogens is 282 g/mol. The van der Waals surface area contributed by atoms with E-state index in [1.54, 1.807) is 13.0 Å². The third-order valence-electron chi connectivity index (χ3n) is 3.65. The summed E-state index contributed by atoms with van der Waals surface area (Å²) in [6.45, 7) is 3.12. The average molecular weight is 302 g/mol. The zero-order valence-corrected chi connectivity index (χ0v) is 12.2. The second kappa shape index (κ2) is 6.92. The van der Waals surface area contributed by atoms with E-state index in [0.29, 0.717) is 18.8 Å². The Labute approximate surface area is 124 Å². The van der Waals surface area contributed by atoms with Crippen molar-refractivity contribution in [2.75, 3.05) is 13.2 Å². The maximum atomic E-state index is 11.1. The summed E-state index contributed by atoms with van der Waals surface area (Å²) in [5.41, 5.74) is 7.42. The Hall–Kier alpha value is -1.30. The minimum Gasteiger partial charge on any atom is -0.507 e. The SMILES string of the molecule is Cc1cc(C(=O)O)c(O)c([C@@H](N)C2CCOCC2)c1.Cl. The quantitative estimate of drug-likeness (QED) is 0.796. The summed E-state index contributed by atoms with van der Waals surface area (Å²) in [6.07, 6.45) is 1.66. The highest BCUT2D eigenvalue weighted by Crippen LogP contribution is 2.35. The number of hydrogen-bond acceptors (Lipinski definition) is 4. The summed E-state index contributed by atoms with van der Waals surface area (Å²) < 4.78 is 5.29. The third-order valence-corrected chi connectivity index (χ3v) is 3.65. The van der Waals surface area contributed by atoms with E-state index in [1.807, 2.05) is 0 Å². The second-order valence-corrected chi connectivity index (χ2v) is 5.03. The molecule has 0 aliphatic carbocycles. The number of nitrogens with two attached hydrogens (primary N) is 1. The summed E-state index contributed by atoms with van der Waals surface area (Å²) in [5.74, 6) is -1.14. The second-order valence-electron chi connectivity index (χ2n) is 5.03. The van der Waals surface area contributed by atoms with Crippen LogP contribution in [0.4, 0.5) is 0 Å². The molecule has 6 heteroatoms. The van der Waals surface area contributed by atoms with E-state index in [1.165, 1.54) is 6.07 Å². The molecule has 1 aromatic rings. The van der Waals surface area contributed by atoms with E-state index >= 15 is 0 Å². The predicted octanol–water partition coefficient (Wildman–Crippen LogP) is 2.25. The van der Waals surface area contributed by atoms with Gasteiger partial charge < -0.3 is 20.7 Å². The van der Waals surface area contributed by atoms with Crippen molar-refractivity contribution in [3.8, 4) is 5.75 Å². The molecule has 1 aliphatic rings. The standard InChI is InChI=1S/C14H19NO4.ClH/c1-8-6-10(13(16)11(7-8)14(17)18)12(15)9-2-4-19-5-3-9;/h6-7,9,12,16H,2-5,15H2,1H3,(H,17,18);1H/t12-;/m0./s1. The van der Waals surface area contributed by atoms with Crippen molar-refractivity contribution in [2.45, 2.75) is 25.8 Å². The van der Waals surface area contributed by atoms with Crippen LogP contribution in [0.3, 0.4) is 0 Å². The van der Waals surface area contributed by atoms with Gasteiger partial charge in [-0.1, -0.05) is 6.07 Å². The molecule has 0 aromatic heterocycles. The Morgan fingerprint density at radius 3 is 2.55 bits per heavy atom. The van der Waals surface area contributed by atoms with Gasteiger partial charge in [-0.25, -0.2) is 4.79 Å². The van der Waals surface area contributed by atoms with Crippen LogP contribution in [0.15, 0.2) is 12.1 Å². The minimum atomic E-state index is -1.14. The fourth-order valence-electron chi connectivity index (χ4n) is 2.55. The minimum absolute atomic E-state index is 0. The lowest BCUT2D eigenvalue weighted by Crippen LogP contribution is -2.27. The lowest BCUT2D eigenvalue weighted by atomic mass is 9.86. The van der Waals surface area contributed by atoms with E-state index in [-0.39, 0.29) is 35.7 Å². The fourth-order valence-corrected chi connectivity index (χ4v) is 2.55. The molecule has 1 atom stereocenters. The highest BCUT2D eigenvalue weighted by molar-refractivity contribution is 5.91. The van der Waals surface area contributed by atoms with Gasteiger partial charge in [-0.2, -0.15) is 0 Å². The molecule has 0 radical (unpaired) electrons. The first-order valence-corrected chi connectivity index (χ1v) is 6.41. The van der Waals surface area contributed by atoms with Crippen LogP contribution in [0.1, 0.15) is 40.4 Å². The number of carbonyl (C=O) groups is 1. The smallest absolute Gasteiger partial charge is 0.339 e. The number of hydrogen-bond donors (Lipinski definition) is 3. The molecule has 1 aromatic carbocycles. The van der Waals surface area contributed by atoms with Gasteiger partial charge in [0.05, 0.1) is 0 Å². The van der Waals surface area contributed by atoms with Crippen molar-refractivity contribution in [1.29, 1.82) is 0 Å². The lowest BCUT2D eigenvalue weighted by Gasteiger charge is -2.28. The van der Waals surface area contributed by atoms with Gasteiger partial charge in [-0.05, 0) is 37.3 Å². The van der Waals surface area contributed by atoms with Crippen LogP contribution in [0.2, 0.25) is 0 Å². The first-order chi connectivity index (χ1) is 9.00. The van der Waals surface area contributed by atoms with Crippen LogP contribution < -0.4 is 5.73 Å². The lowest BCUT2D eigenvalue weighted by molar-refractivity contribution is 0.0579. The van der Waals surface area contributed by atoms with E-state index in [9.17, 15) is 9.90 Å². The number of rotatable bonds is 3. The van der Waals surface area contributed by atoms with Crippen molar-refractivity contribution < 1.29 is 19.7 Å². The van der Waals surface area contributed by atoms with Crippen LogP contribution in [0, 0.1) is 12.8 Å². The van der Waals surface area contributed by atoms with Gasteiger partial charge in [0.1, 0.15) is 11.3 Å². The average Bonchev–Trinajstić information content (AvgIpc) is 2.41. The topological polar surface area (TPSA) is 92.8 Å². The molecule has 1 aliphatic heterocycles. The van der Waals surface area contributed by atoms with Crippen molar-refractivity contribution in [2.24, 2.45) is 11.7 Å². The summed E-state index contributed by atoms with van der Waals surface area (Å²) in [7, 11) is 0. The van der Waals surface area contributed by atoms with Crippen LogP contribution in [0.25, 0.3) is 0 Å². The molecule has 1 heterocycles. The van der Waals surface area contributed by atoms with Crippen molar-refractivity contribution >= 4 is 18.4 Å². The van der Waals surface area contributed by atoms with Crippen LogP contribution >= 0.6 is 12.4 Å². The van der Waals surface area contributed by atoms with Gasteiger partial charge in [0, 0.05) is 24.8 Å². The summed E-state index contributed by atoms with van der Waals surface area (Å²) in [4.78, 5) is 11.1. The molecule has 4 N–H and O–H groups in total. The molecule has 0 spiro atoms. The number of carboxylic acid groups (broad SMARTS) is 1. The van der Waals surface area contributed by atoms with Gasteiger partial charge in [-0.15, -0.1) is 12.4 Å². The first-order valence-electron chi connectivity index (χ1n) is 6.41. The summed E-state index contributed by atoms with van der Waals surface area (Å²) in [6, 6.07) is 2.86. The van der Waals surface area contributed by atoms with Crippen LogP contribution in [0.5, 0.6) is 5.75 Å². The molecule has 0 unspecified atom stereocenters. The normalized spacial score (nSPS) is 17.3. The molecule has 2 rings (SSSR count). The highest BCUT2D eigenvalue weighted by Gasteiger charge is 2.26. The maximum absolute atomic E-state index is 11.1. The number of aryl methyl sites for hydroxylation is 1. The molecule has 0 amide bonds.